The van der Waals surface area contributed by atoms with Crippen molar-refractivity contribution < 1.29 is 27.1 Å². The molecule has 2 aromatic rings. The first-order valence-corrected chi connectivity index (χ1v) is 5.58. The van der Waals surface area contributed by atoms with Crippen molar-refractivity contribution in [3.8, 4) is 16.9 Å². The third-order valence-electron chi connectivity index (χ3n) is 2.71. The third-order valence-corrected chi connectivity index (χ3v) is 2.71. The number of alkyl halides is 3. The summed E-state index contributed by atoms with van der Waals surface area (Å²) in [5.41, 5.74) is -0.979. The molecular weight excluding hydrogens is 278 g/mol. The van der Waals surface area contributed by atoms with Gasteiger partial charge in [-0.1, -0.05) is 12.1 Å². The van der Waals surface area contributed by atoms with Gasteiger partial charge in [-0.05, 0) is 17.7 Å². The van der Waals surface area contributed by atoms with Crippen LogP contribution in [0.5, 0.6) is 5.75 Å². The van der Waals surface area contributed by atoms with E-state index in [0.29, 0.717) is 0 Å². The minimum absolute atomic E-state index is 0.0219. The van der Waals surface area contributed by atoms with E-state index in [2.05, 4.69) is 0 Å². The van der Waals surface area contributed by atoms with E-state index in [4.69, 9.17) is 4.42 Å². The molecule has 0 saturated heterocycles. The summed E-state index contributed by atoms with van der Waals surface area (Å²) in [4.78, 5) is 1.36. The van der Waals surface area contributed by atoms with Crippen LogP contribution < -0.4 is 4.90 Å². The van der Waals surface area contributed by atoms with Crippen molar-refractivity contribution in [1.82, 2.24) is 0 Å². The van der Waals surface area contributed by atoms with Gasteiger partial charge in [0.25, 0.3) is 0 Å². The Morgan fingerprint density at radius 2 is 1.85 bits per heavy atom. The molecule has 0 radical (unpaired) electrons. The Labute approximate surface area is 112 Å². The van der Waals surface area contributed by atoms with Crippen molar-refractivity contribution in [2.75, 3.05) is 19.0 Å². The number of anilines is 1. The highest BCUT2D eigenvalue weighted by molar-refractivity contribution is 5.81. The van der Waals surface area contributed by atoms with E-state index in [-0.39, 0.29) is 17.0 Å². The van der Waals surface area contributed by atoms with Crippen molar-refractivity contribution in [2.24, 2.45) is 0 Å². The largest absolute Gasteiger partial charge is 0.502 e. The molecule has 0 aliphatic carbocycles. The zero-order chi connectivity index (χ0) is 15.1. The Morgan fingerprint density at radius 3 is 2.40 bits per heavy atom. The highest BCUT2D eigenvalue weighted by Crippen LogP contribution is 2.43. The van der Waals surface area contributed by atoms with E-state index in [9.17, 15) is 22.7 Å². The highest BCUT2D eigenvalue weighted by Gasteiger charge is 2.31. The Bertz CT molecular complexity index is 632. The highest BCUT2D eigenvalue weighted by atomic mass is 19.4. The molecule has 0 saturated carbocycles. The second-order valence-corrected chi connectivity index (χ2v) is 4.38. The van der Waals surface area contributed by atoms with E-state index < -0.39 is 23.5 Å². The van der Waals surface area contributed by atoms with E-state index >= 15 is 0 Å². The molecule has 7 heteroatoms. The minimum Gasteiger partial charge on any atom is -0.502 e. The second kappa shape index (κ2) is 4.73. The molecule has 0 fully saturated rings. The minimum atomic E-state index is -4.52. The number of aromatic hydroxyl groups is 1. The van der Waals surface area contributed by atoms with E-state index in [1.807, 2.05) is 0 Å². The second-order valence-electron chi connectivity index (χ2n) is 4.38. The van der Waals surface area contributed by atoms with Crippen LogP contribution in [0.2, 0.25) is 0 Å². The van der Waals surface area contributed by atoms with Crippen LogP contribution in [0.15, 0.2) is 28.7 Å². The summed E-state index contributed by atoms with van der Waals surface area (Å²) in [5.74, 6) is -0.868. The first-order valence-electron chi connectivity index (χ1n) is 5.58. The number of hydrogen-bond donors (Lipinski definition) is 1. The molecule has 1 aromatic carbocycles. The Balaban J connectivity index is 2.63. The molecule has 1 N–H and O–H groups in total. The molecule has 3 nitrogen and oxygen atoms in total. The number of nitrogens with zero attached hydrogens (tertiary/aromatic N) is 1. The van der Waals surface area contributed by atoms with Gasteiger partial charge in [-0.2, -0.15) is 17.6 Å². The van der Waals surface area contributed by atoms with Crippen molar-refractivity contribution >= 4 is 5.88 Å². The predicted octanol–water partition coefficient (Wildman–Crippen LogP) is 3.88. The van der Waals surface area contributed by atoms with Gasteiger partial charge >= 0.3 is 12.2 Å². The molecule has 0 aliphatic heterocycles. The Hall–Kier alpha value is -2.18. The van der Waals surface area contributed by atoms with Crippen LogP contribution in [-0.4, -0.2) is 19.2 Å². The van der Waals surface area contributed by atoms with Gasteiger partial charge in [0.15, 0.2) is 0 Å². The first-order chi connectivity index (χ1) is 9.21. The topological polar surface area (TPSA) is 36.6 Å². The summed E-state index contributed by atoms with van der Waals surface area (Å²) in [6.45, 7) is 0. The molecule has 0 atom stereocenters. The van der Waals surface area contributed by atoms with Crippen LogP contribution in [0.3, 0.4) is 0 Å². The van der Waals surface area contributed by atoms with Crippen LogP contribution in [0.25, 0.3) is 11.1 Å². The van der Waals surface area contributed by atoms with Crippen LogP contribution >= 0.6 is 0 Å². The molecule has 0 amide bonds. The molecule has 108 valence electrons. The summed E-state index contributed by atoms with van der Waals surface area (Å²) in [6, 6.07) is 3.01. The van der Waals surface area contributed by atoms with Crippen LogP contribution in [-0.2, 0) is 6.18 Å². The molecule has 0 spiro atoms. The number of benzene rings is 1. The third kappa shape index (κ3) is 2.43. The van der Waals surface area contributed by atoms with E-state index in [1.54, 1.807) is 0 Å². The maximum Gasteiger partial charge on any atom is 0.416 e. The summed E-state index contributed by atoms with van der Waals surface area (Å²) in [6.07, 6.45) is -4.52. The van der Waals surface area contributed by atoms with Crippen LogP contribution in [0.4, 0.5) is 23.4 Å². The SMILES string of the molecule is CN(C)c1oc(F)c(O)c1-c1cccc(C(F)(F)F)c1. The normalized spacial score (nSPS) is 11.7. The van der Waals surface area contributed by atoms with Crippen LogP contribution in [0, 0.1) is 6.01 Å². The lowest BCUT2D eigenvalue weighted by Crippen LogP contribution is -2.09. The summed E-state index contributed by atoms with van der Waals surface area (Å²) < 4.78 is 56.1. The zero-order valence-corrected chi connectivity index (χ0v) is 10.6. The van der Waals surface area contributed by atoms with Crippen molar-refractivity contribution in [3.05, 3.63) is 35.8 Å². The van der Waals surface area contributed by atoms with Crippen molar-refractivity contribution in [3.63, 3.8) is 0 Å². The summed E-state index contributed by atoms with van der Waals surface area (Å²) >= 11 is 0. The standard InChI is InChI=1S/C13H11F4NO2/c1-18(2)12-9(10(19)11(14)20-12)7-4-3-5-8(6-7)13(15,16)17/h3-6,19H,1-2H3. The molecule has 1 heterocycles. The molecule has 20 heavy (non-hydrogen) atoms. The lowest BCUT2D eigenvalue weighted by molar-refractivity contribution is -0.137. The summed E-state index contributed by atoms with van der Waals surface area (Å²) in [5, 5.41) is 9.64. The average molecular weight is 289 g/mol. The summed E-state index contributed by atoms with van der Waals surface area (Å²) in [7, 11) is 3.05. The van der Waals surface area contributed by atoms with Crippen molar-refractivity contribution in [1.29, 1.82) is 0 Å². The van der Waals surface area contributed by atoms with Gasteiger partial charge in [0, 0.05) is 14.1 Å². The first kappa shape index (κ1) is 14.2. The molecule has 1 aromatic heterocycles. The van der Waals surface area contributed by atoms with Gasteiger partial charge in [0.1, 0.15) is 0 Å². The van der Waals surface area contributed by atoms with Crippen LogP contribution in [0.1, 0.15) is 5.56 Å². The molecule has 0 unspecified atom stereocenters. The predicted molar refractivity (Wildman–Crippen MR) is 65.1 cm³/mol. The fourth-order valence-electron chi connectivity index (χ4n) is 1.81. The van der Waals surface area contributed by atoms with Crippen molar-refractivity contribution in [2.45, 2.75) is 6.18 Å². The Morgan fingerprint density at radius 1 is 1.20 bits per heavy atom. The van der Waals surface area contributed by atoms with E-state index in [0.717, 1.165) is 12.1 Å². The van der Waals surface area contributed by atoms with Gasteiger partial charge in [-0.15, -0.1) is 0 Å². The van der Waals surface area contributed by atoms with Gasteiger partial charge in [0.05, 0.1) is 11.1 Å². The maximum absolute atomic E-state index is 13.3. The van der Waals surface area contributed by atoms with Gasteiger partial charge in [0.2, 0.25) is 11.6 Å². The van der Waals surface area contributed by atoms with Gasteiger partial charge < -0.3 is 14.4 Å². The lowest BCUT2D eigenvalue weighted by Gasteiger charge is -2.12. The number of hydrogen-bond acceptors (Lipinski definition) is 3. The average Bonchev–Trinajstić information content (AvgIpc) is 2.65. The Kier molecular flexibility index (Phi) is 3.37. The monoisotopic (exact) mass is 289 g/mol. The fraction of sp³-hybridized carbons (Fsp3) is 0.231. The molecular formula is C13H11F4NO2. The molecule has 2 rings (SSSR count). The van der Waals surface area contributed by atoms with Gasteiger partial charge in [-0.3, -0.25) is 0 Å². The number of furan rings is 1. The molecule has 0 bridgehead atoms. The lowest BCUT2D eigenvalue weighted by atomic mass is 10.0. The van der Waals surface area contributed by atoms with Gasteiger partial charge in [-0.25, -0.2) is 0 Å². The smallest absolute Gasteiger partial charge is 0.416 e. The maximum atomic E-state index is 13.3. The van der Waals surface area contributed by atoms with E-state index in [1.165, 1.54) is 31.1 Å². The zero-order valence-electron chi connectivity index (χ0n) is 10.6. The number of rotatable bonds is 2. The molecule has 0 aliphatic rings. The quantitative estimate of drug-likeness (QED) is 0.852. The fourth-order valence-corrected chi connectivity index (χ4v) is 1.81. The number of halogens is 4.